The summed E-state index contributed by atoms with van der Waals surface area (Å²) in [5.41, 5.74) is 3.12. The van der Waals surface area contributed by atoms with Crippen molar-refractivity contribution in [1.82, 2.24) is 15.3 Å². The van der Waals surface area contributed by atoms with Gasteiger partial charge >= 0.3 is 0 Å². The largest absolute Gasteiger partial charge is 0.345 e. The molecule has 0 aliphatic rings. The highest BCUT2D eigenvalue weighted by Gasteiger charge is 2.23. The minimum absolute atomic E-state index is 0.0315. The van der Waals surface area contributed by atoms with Gasteiger partial charge < -0.3 is 10.3 Å². The normalized spacial score (nSPS) is 13.5. The third kappa shape index (κ3) is 4.28. The zero-order valence-electron chi connectivity index (χ0n) is 15.5. The standard InChI is InChI=1S/C21H25N3OS/c1-4-14(2)20(21-22-16-10-6-7-11-17(16)23-21)24-19(25)13-26-18-12-8-5-9-15(18)3/h5-12,14,20H,4,13H2,1-3H3,(H,22,23)(H,24,25)/t14-,20+/m0/s1. The van der Waals surface area contributed by atoms with Crippen LogP contribution in [-0.2, 0) is 4.79 Å². The number of nitrogens with one attached hydrogen (secondary N) is 2. The van der Waals surface area contributed by atoms with Crippen molar-refractivity contribution in [3.63, 3.8) is 0 Å². The van der Waals surface area contributed by atoms with E-state index in [0.717, 1.165) is 28.2 Å². The van der Waals surface area contributed by atoms with E-state index in [-0.39, 0.29) is 11.9 Å². The van der Waals surface area contributed by atoms with E-state index in [1.54, 1.807) is 11.8 Å². The third-order valence-corrected chi connectivity index (χ3v) is 5.86. The monoisotopic (exact) mass is 367 g/mol. The summed E-state index contributed by atoms with van der Waals surface area (Å²) in [6, 6.07) is 16.0. The summed E-state index contributed by atoms with van der Waals surface area (Å²) in [4.78, 5) is 21.8. The predicted molar refractivity (Wildman–Crippen MR) is 108 cm³/mol. The van der Waals surface area contributed by atoms with Crippen LogP contribution in [0.25, 0.3) is 11.0 Å². The molecule has 4 nitrogen and oxygen atoms in total. The van der Waals surface area contributed by atoms with Crippen LogP contribution >= 0.6 is 11.8 Å². The number of hydrogen-bond donors (Lipinski definition) is 2. The van der Waals surface area contributed by atoms with Crippen LogP contribution in [0.4, 0.5) is 0 Å². The van der Waals surface area contributed by atoms with E-state index < -0.39 is 0 Å². The molecule has 26 heavy (non-hydrogen) atoms. The highest BCUT2D eigenvalue weighted by molar-refractivity contribution is 8.00. The van der Waals surface area contributed by atoms with Crippen molar-refractivity contribution in [3.8, 4) is 0 Å². The van der Waals surface area contributed by atoms with Crippen molar-refractivity contribution in [2.24, 2.45) is 5.92 Å². The van der Waals surface area contributed by atoms with E-state index in [9.17, 15) is 4.79 Å². The van der Waals surface area contributed by atoms with Gasteiger partial charge in [-0.15, -0.1) is 11.8 Å². The summed E-state index contributed by atoms with van der Waals surface area (Å²) in [5.74, 6) is 1.56. The Morgan fingerprint density at radius 3 is 2.65 bits per heavy atom. The molecule has 1 heterocycles. The maximum Gasteiger partial charge on any atom is 0.230 e. The first kappa shape index (κ1) is 18.5. The molecule has 3 rings (SSSR count). The SMILES string of the molecule is CC[C@H](C)[C@@H](NC(=O)CSc1ccccc1C)c1nc2ccccc2[nH]1. The molecule has 2 atom stereocenters. The third-order valence-electron chi connectivity index (χ3n) is 4.68. The lowest BCUT2D eigenvalue weighted by Crippen LogP contribution is -2.34. The van der Waals surface area contributed by atoms with Crippen molar-refractivity contribution in [2.75, 3.05) is 5.75 Å². The number of fused-ring (bicyclic) bond motifs is 1. The number of aryl methyl sites for hydroxylation is 1. The predicted octanol–water partition coefficient (Wildman–Crippen LogP) is 4.87. The van der Waals surface area contributed by atoms with Gasteiger partial charge in [0.05, 0.1) is 22.8 Å². The number of carbonyl (C=O) groups excluding carboxylic acids is 1. The molecule has 0 fully saturated rings. The molecular weight excluding hydrogens is 342 g/mol. The number of nitrogens with zero attached hydrogens (tertiary/aromatic N) is 1. The number of para-hydroxylation sites is 2. The number of rotatable bonds is 7. The van der Waals surface area contributed by atoms with E-state index in [2.05, 4.69) is 43.2 Å². The number of H-pyrrole nitrogens is 1. The molecule has 3 aromatic rings. The van der Waals surface area contributed by atoms with Gasteiger partial charge in [-0.2, -0.15) is 0 Å². The topological polar surface area (TPSA) is 57.8 Å². The van der Waals surface area contributed by atoms with Crippen LogP contribution in [0.3, 0.4) is 0 Å². The molecule has 0 aliphatic heterocycles. The Morgan fingerprint density at radius 1 is 1.19 bits per heavy atom. The fourth-order valence-corrected chi connectivity index (χ4v) is 3.75. The molecule has 0 radical (unpaired) electrons. The molecule has 1 aromatic heterocycles. The van der Waals surface area contributed by atoms with Crippen LogP contribution in [-0.4, -0.2) is 21.6 Å². The molecule has 5 heteroatoms. The molecule has 0 bridgehead atoms. The average molecular weight is 368 g/mol. The number of aromatic amines is 1. The Hall–Kier alpha value is -2.27. The highest BCUT2D eigenvalue weighted by Crippen LogP contribution is 2.26. The summed E-state index contributed by atoms with van der Waals surface area (Å²) in [6.45, 7) is 6.35. The van der Waals surface area contributed by atoms with Gasteiger partial charge in [-0.3, -0.25) is 4.79 Å². The molecule has 0 spiro atoms. The second kappa shape index (κ2) is 8.41. The number of imidazole rings is 1. The molecule has 136 valence electrons. The van der Waals surface area contributed by atoms with Gasteiger partial charge in [0.25, 0.3) is 0 Å². The Balaban J connectivity index is 1.72. The Labute approximate surface area is 158 Å². The Kier molecular flexibility index (Phi) is 5.99. The number of thioether (sulfide) groups is 1. The van der Waals surface area contributed by atoms with Gasteiger partial charge in [0.1, 0.15) is 5.82 Å². The molecule has 0 unspecified atom stereocenters. The number of hydrogen-bond acceptors (Lipinski definition) is 3. The number of aromatic nitrogens is 2. The average Bonchev–Trinajstić information content (AvgIpc) is 3.08. The molecule has 0 saturated carbocycles. The van der Waals surface area contributed by atoms with E-state index in [0.29, 0.717) is 11.7 Å². The van der Waals surface area contributed by atoms with Gasteiger partial charge in [-0.05, 0) is 36.6 Å². The Morgan fingerprint density at radius 2 is 1.92 bits per heavy atom. The maximum absolute atomic E-state index is 12.6. The van der Waals surface area contributed by atoms with E-state index in [4.69, 9.17) is 4.98 Å². The maximum atomic E-state index is 12.6. The lowest BCUT2D eigenvalue weighted by atomic mass is 9.98. The zero-order valence-corrected chi connectivity index (χ0v) is 16.3. The second-order valence-corrected chi connectivity index (χ2v) is 7.64. The van der Waals surface area contributed by atoms with Crippen molar-refractivity contribution in [2.45, 2.75) is 38.1 Å². The lowest BCUT2D eigenvalue weighted by molar-refractivity contribution is -0.119. The summed E-state index contributed by atoms with van der Waals surface area (Å²) in [6.07, 6.45) is 0.965. The fourth-order valence-electron chi connectivity index (χ4n) is 2.91. The first-order chi connectivity index (χ1) is 12.6. The fraction of sp³-hybridized carbons (Fsp3) is 0.333. The number of amides is 1. The minimum atomic E-state index is -0.114. The first-order valence-electron chi connectivity index (χ1n) is 9.01. The second-order valence-electron chi connectivity index (χ2n) is 6.62. The van der Waals surface area contributed by atoms with Crippen LogP contribution in [0.15, 0.2) is 53.4 Å². The van der Waals surface area contributed by atoms with Crippen LogP contribution in [0, 0.1) is 12.8 Å². The molecule has 2 aromatic carbocycles. The lowest BCUT2D eigenvalue weighted by Gasteiger charge is -2.22. The summed E-state index contributed by atoms with van der Waals surface area (Å²) in [7, 11) is 0. The van der Waals surface area contributed by atoms with Crippen LogP contribution in [0.2, 0.25) is 0 Å². The van der Waals surface area contributed by atoms with Crippen LogP contribution < -0.4 is 5.32 Å². The van der Waals surface area contributed by atoms with Gasteiger partial charge in [0.15, 0.2) is 0 Å². The van der Waals surface area contributed by atoms with Crippen LogP contribution in [0.1, 0.15) is 37.7 Å². The quantitative estimate of drug-likeness (QED) is 0.586. The van der Waals surface area contributed by atoms with E-state index in [1.807, 2.05) is 36.4 Å². The Bertz CT molecular complexity index is 857. The van der Waals surface area contributed by atoms with Crippen molar-refractivity contribution in [1.29, 1.82) is 0 Å². The first-order valence-corrected chi connectivity index (χ1v) is 9.99. The summed E-state index contributed by atoms with van der Waals surface area (Å²) >= 11 is 1.57. The van der Waals surface area contributed by atoms with Crippen LogP contribution in [0.5, 0.6) is 0 Å². The smallest absolute Gasteiger partial charge is 0.230 e. The highest BCUT2D eigenvalue weighted by atomic mass is 32.2. The molecule has 2 N–H and O–H groups in total. The minimum Gasteiger partial charge on any atom is -0.345 e. The molecule has 0 saturated heterocycles. The zero-order chi connectivity index (χ0) is 18.5. The summed E-state index contributed by atoms with van der Waals surface area (Å²) < 4.78 is 0. The van der Waals surface area contributed by atoms with Crippen molar-refractivity contribution >= 4 is 28.7 Å². The summed E-state index contributed by atoms with van der Waals surface area (Å²) in [5, 5.41) is 3.18. The van der Waals surface area contributed by atoms with Crippen molar-refractivity contribution in [3.05, 3.63) is 59.9 Å². The van der Waals surface area contributed by atoms with Gasteiger partial charge in [0.2, 0.25) is 5.91 Å². The molecule has 0 aliphatic carbocycles. The number of carbonyl (C=O) groups is 1. The van der Waals surface area contributed by atoms with Gasteiger partial charge in [-0.1, -0.05) is 50.6 Å². The van der Waals surface area contributed by atoms with Gasteiger partial charge in [-0.25, -0.2) is 4.98 Å². The molecular formula is C21H25N3OS. The van der Waals surface area contributed by atoms with E-state index in [1.165, 1.54) is 5.56 Å². The number of benzene rings is 2. The van der Waals surface area contributed by atoms with Crippen molar-refractivity contribution < 1.29 is 4.79 Å². The van der Waals surface area contributed by atoms with E-state index >= 15 is 0 Å². The molecule has 1 amide bonds. The van der Waals surface area contributed by atoms with Gasteiger partial charge in [0, 0.05) is 4.90 Å².